The number of hydrogen-bond acceptors (Lipinski definition) is 12. The van der Waals surface area contributed by atoms with Gasteiger partial charge in [0.15, 0.2) is 9.84 Å². The predicted octanol–water partition coefficient (Wildman–Crippen LogP) is 26.0. The molecule has 0 bridgehead atoms. The maximum atomic E-state index is 13.4. The number of rotatable bonds is 11. The molecule has 3 N–H and O–H groups in total. The van der Waals surface area contributed by atoms with Gasteiger partial charge in [0.1, 0.15) is 5.82 Å². The third-order valence-electron chi connectivity index (χ3n) is 25.2. The fraction of sp³-hybridized carbons (Fsp3) is 0.482. The number of halogens is 6. The van der Waals surface area contributed by atoms with E-state index in [1.807, 2.05) is 121 Å². The Bertz CT molecular complexity index is 5510. The van der Waals surface area contributed by atoms with Gasteiger partial charge in [-0.2, -0.15) is 36.5 Å². The molecule has 0 unspecified atom stereocenters. The average molecular weight is 1850 g/mol. The minimum Gasteiger partial charge on any atom is -0.384 e. The fourth-order valence-electron chi connectivity index (χ4n) is 16.2. The lowest BCUT2D eigenvalue weighted by atomic mass is 9.81. The van der Waals surface area contributed by atoms with Crippen molar-refractivity contribution in [3.8, 4) is 44.5 Å². The van der Waals surface area contributed by atoms with Crippen molar-refractivity contribution in [2.45, 2.75) is 253 Å². The topological polar surface area (TPSA) is 153 Å². The molecule has 14 nitrogen and oxygen atoms in total. The van der Waals surface area contributed by atoms with Crippen LogP contribution in [0.4, 0.5) is 32.2 Å². The summed E-state index contributed by atoms with van der Waals surface area (Å²) in [6.45, 7) is 58.2. The molecule has 4 aliphatic heterocycles. The number of likely N-dealkylation sites (tertiary alicyclic amines) is 1. The summed E-state index contributed by atoms with van der Waals surface area (Å²) in [6, 6.07) is 61.5. The smallest absolute Gasteiger partial charge is 0.384 e. The van der Waals surface area contributed by atoms with Crippen molar-refractivity contribution in [2.75, 3.05) is 96.4 Å². The van der Waals surface area contributed by atoms with Gasteiger partial charge in [0.25, 0.3) is 0 Å². The molecular weight excluding hydrogens is 1690 g/mol. The molecule has 0 atom stereocenters. The number of morpholine rings is 1. The summed E-state index contributed by atoms with van der Waals surface area (Å²) >= 11 is 0. The van der Waals surface area contributed by atoms with E-state index in [1.54, 1.807) is 18.3 Å². The van der Waals surface area contributed by atoms with Crippen LogP contribution in [0.15, 0.2) is 219 Å². The van der Waals surface area contributed by atoms with Crippen molar-refractivity contribution in [1.82, 2.24) is 49.5 Å². The highest BCUT2D eigenvalue weighted by Gasteiger charge is 2.39. The lowest BCUT2D eigenvalue weighted by molar-refractivity contribution is -0.139. The molecular formula is C112H151F6N11O3S. The van der Waals surface area contributed by atoms with Crippen LogP contribution in [0.2, 0.25) is 0 Å². The minimum absolute atomic E-state index is 0.0156. The number of benzene rings is 7. The molecule has 15 rings (SSSR count). The van der Waals surface area contributed by atoms with E-state index in [9.17, 15) is 34.8 Å². The number of nitrogens with two attached hydrogens (primary N) is 1. The molecule has 7 aromatic carbocycles. The van der Waals surface area contributed by atoms with Gasteiger partial charge in [-0.05, 0) is 235 Å². The number of anilines is 1. The summed E-state index contributed by atoms with van der Waals surface area (Å²) in [7, 11) is 1.18. The van der Waals surface area contributed by atoms with Gasteiger partial charge in [-0.3, -0.25) is 24.1 Å². The summed E-state index contributed by atoms with van der Waals surface area (Å²) in [5.41, 5.74) is 26.2. The molecule has 4 fully saturated rings. The van der Waals surface area contributed by atoms with Crippen LogP contribution in [0.1, 0.15) is 255 Å². The van der Waals surface area contributed by atoms with Gasteiger partial charge in [-0.1, -0.05) is 291 Å². The highest BCUT2D eigenvalue weighted by molar-refractivity contribution is 7.91. The van der Waals surface area contributed by atoms with E-state index >= 15 is 0 Å². The van der Waals surface area contributed by atoms with Gasteiger partial charge in [0, 0.05) is 93.5 Å². The van der Waals surface area contributed by atoms with E-state index in [0.717, 1.165) is 120 Å². The second kappa shape index (κ2) is 45.8. The van der Waals surface area contributed by atoms with E-state index in [4.69, 9.17) is 10.5 Å². The summed E-state index contributed by atoms with van der Waals surface area (Å²) in [5, 5.41) is 11.9. The van der Waals surface area contributed by atoms with Crippen LogP contribution in [-0.4, -0.2) is 143 Å². The van der Waals surface area contributed by atoms with E-state index in [2.05, 4.69) is 284 Å². The van der Waals surface area contributed by atoms with Crippen LogP contribution < -0.4 is 11.1 Å². The molecule has 0 aliphatic carbocycles. The van der Waals surface area contributed by atoms with Gasteiger partial charge in [-0.15, -0.1) is 0 Å². The maximum absolute atomic E-state index is 13.4. The number of aromatic nitrogens is 6. The number of ether oxygens (including phenoxy) is 1. The van der Waals surface area contributed by atoms with Gasteiger partial charge >= 0.3 is 12.4 Å². The molecule has 0 radical (unpaired) electrons. The van der Waals surface area contributed by atoms with E-state index < -0.39 is 33.3 Å². The molecule has 0 spiro atoms. The molecule has 0 amide bonds. The molecule has 8 heterocycles. The van der Waals surface area contributed by atoms with Crippen LogP contribution in [0.25, 0.3) is 44.5 Å². The normalized spacial score (nSPS) is 15.9. The molecule has 0 saturated carbocycles. The SMILES string of the molecule is CC(C)(C)c1ccc(-c2ccc(N)nc2)cc1.CC(C)(C)c1ccc(-c2cnn(CCN3CCOCC3)c2)cc1.CC(C)(C)c1ccc(C2CCNCC2)c(C(F)(F)F)c1.CC(C)(C)c1ccc(CN2CCS(=O)(=O)CC2)cc1.CN1CCC(c2ccc(C(C)(C)C)cc2C(F)(F)F)CC1.Cc1cc(-c2ccc(C(C)(C)C)cc2)ccn1.Cn1cc(-c2ccc(C(C)(C)C)cc2)cn1. The number of sulfone groups is 1. The number of nitrogens with one attached hydrogen (secondary N) is 1. The lowest BCUT2D eigenvalue weighted by Gasteiger charge is -2.31. The van der Waals surface area contributed by atoms with Crippen molar-refractivity contribution in [3.05, 3.63) is 292 Å². The molecule has 4 saturated heterocycles. The average Bonchev–Trinajstić information content (AvgIpc) is 1.48. The highest BCUT2D eigenvalue weighted by Crippen LogP contribution is 2.44. The maximum Gasteiger partial charge on any atom is 0.416 e. The number of aryl methyl sites for hydroxylation is 2. The number of hydrogen-bond donors (Lipinski definition) is 2. The van der Waals surface area contributed by atoms with E-state index in [1.165, 1.54) is 84.5 Å². The first-order valence-electron chi connectivity index (χ1n) is 47.2. The summed E-state index contributed by atoms with van der Waals surface area (Å²) in [6.07, 6.45) is 6.31. The zero-order valence-corrected chi connectivity index (χ0v) is 84.7. The minimum atomic E-state index is -4.28. The van der Waals surface area contributed by atoms with Crippen molar-refractivity contribution >= 4 is 15.7 Å². The Kier molecular flexibility index (Phi) is 36.9. The van der Waals surface area contributed by atoms with Crippen LogP contribution in [0.5, 0.6) is 0 Å². The number of piperidine rings is 2. The zero-order chi connectivity index (χ0) is 97.9. The van der Waals surface area contributed by atoms with Crippen molar-refractivity contribution < 1.29 is 39.5 Å². The van der Waals surface area contributed by atoms with E-state index in [-0.39, 0.29) is 49.7 Å². The first-order valence-corrected chi connectivity index (χ1v) is 49.0. The van der Waals surface area contributed by atoms with Gasteiger partial charge in [0.2, 0.25) is 0 Å². The number of nitrogen functional groups attached to an aromatic ring is 1. The summed E-state index contributed by atoms with van der Waals surface area (Å²) in [4.78, 5) is 15.1. The van der Waals surface area contributed by atoms with Crippen molar-refractivity contribution in [2.24, 2.45) is 7.05 Å². The Hall–Kier alpha value is -9.61. The van der Waals surface area contributed by atoms with Crippen LogP contribution in [-0.2, 0) is 85.0 Å². The molecule has 720 valence electrons. The first kappa shape index (κ1) is 107. The third kappa shape index (κ3) is 33.7. The number of alkyl halides is 6. The Morgan fingerprint density at radius 2 is 0.767 bits per heavy atom. The summed E-state index contributed by atoms with van der Waals surface area (Å²) in [5.74, 6) is 1.19. The zero-order valence-electron chi connectivity index (χ0n) is 83.9. The monoisotopic (exact) mass is 1840 g/mol. The Balaban J connectivity index is 0.000000175. The van der Waals surface area contributed by atoms with Gasteiger partial charge < -0.3 is 20.7 Å². The van der Waals surface area contributed by atoms with Crippen molar-refractivity contribution in [1.29, 1.82) is 0 Å². The van der Waals surface area contributed by atoms with E-state index in [0.29, 0.717) is 41.5 Å². The highest BCUT2D eigenvalue weighted by atomic mass is 32.2. The molecule has 21 heteroatoms. The number of nitrogens with zero attached hydrogens (tertiary/aromatic N) is 9. The number of pyridine rings is 2. The van der Waals surface area contributed by atoms with Crippen LogP contribution in [0.3, 0.4) is 0 Å². The quantitative estimate of drug-likeness (QED) is 0.119. The van der Waals surface area contributed by atoms with Crippen LogP contribution >= 0.6 is 0 Å². The van der Waals surface area contributed by atoms with Gasteiger partial charge in [-0.25, -0.2) is 13.4 Å². The second-order valence-electron chi connectivity index (χ2n) is 43.4. The predicted molar refractivity (Wildman–Crippen MR) is 541 cm³/mol. The van der Waals surface area contributed by atoms with Gasteiger partial charge in [0.05, 0.1) is 54.8 Å². The van der Waals surface area contributed by atoms with Crippen molar-refractivity contribution in [3.63, 3.8) is 0 Å². The Morgan fingerprint density at radius 3 is 1.15 bits per heavy atom. The lowest BCUT2D eigenvalue weighted by Crippen LogP contribution is -2.39. The first-order chi connectivity index (χ1) is 62.0. The third-order valence-corrected chi connectivity index (χ3v) is 26.8. The molecule has 11 aromatic rings. The second-order valence-corrected chi connectivity index (χ2v) is 45.7. The summed E-state index contributed by atoms with van der Waals surface area (Å²) < 4.78 is 112. The standard InChI is InChI=1S/C19H27N3O.C17H24F3N.C16H22F3N.C16H19N.C15H18N2.C15H23NO2S.C14H18N2/c1-19(2,3)18-6-4-16(5-7-18)17-14-20-22(15-17)9-8-21-10-12-23-13-11-21;1-16(2,3)13-5-6-14(15(11-13)17(18,19)20)12-7-9-21(4)10-8-12;1-15(2,3)12-4-5-13(11-6-8-20-9-7-11)14(10-12)16(17,18)19;1-12-11-14(9-10-17-12)13-5-7-15(8-6-13)16(2,3)4;1-15(2,3)13-7-4-11(5-8-13)12-6-9-14(16)17-10-12;1-15(2,3)14-6-4-13(5-7-14)12-16-8-10-19(17,18)11-9-16;1-14(2,3)13-7-5-11(6-8-13)12-9-15-16(4)10-12/h4-7,14-15H,8-13H2,1-3H3;5-6,11-12H,7-10H2,1-4H3;4-5,10-11,20H,6-9H2,1-3H3;5-11H,1-4H3;4-10H,1-3H3,(H2,16,17);4-7H,8-12H2,1-3H3;5-10H,1-4H3. The molecule has 133 heavy (non-hydrogen) atoms. The van der Waals surface area contributed by atoms with Crippen LogP contribution in [0, 0.1) is 6.92 Å². The fourth-order valence-corrected chi connectivity index (χ4v) is 17.5. The Labute approximate surface area is 792 Å². The Morgan fingerprint density at radius 1 is 0.391 bits per heavy atom. The molecule has 4 aliphatic rings. The molecule has 4 aromatic heterocycles. The largest absolute Gasteiger partial charge is 0.416 e.